The van der Waals surface area contributed by atoms with E-state index >= 15 is 0 Å². The van der Waals surface area contributed by atoms with Gasteiger partial charge < -0.3 is 8.83 Å². The van der Waals surface area contributed by atoms with Gasteiger partial charge in [0.25, 0.3) is 0 Å². The van der Waals surface area contributed by atoms with Crippen molar-refractivity contribution in [2.45, 2.75) is 26.2 Å². The van der Waals surface area contributed by atoms with Crippen LogP contribution in [0.5, 0.6) is 0 Å². The maximum Gasteiger partial charge on any atom is 0.248 e. The SMILES string of the molecule is C=Cc1ccc(-c2nnc(-c3cccc(-c4cnc(-c5ccc(C(C)(C)C)cc5)o4)c3)o2)cc1. The van der Waals surface area contributed by atoms with Gasteiger partial charge in [-0.2, -0.15) is 0 Å². The molecule has 0 spiro atoms. The third kappa shape index (κ3) is 4.33. The third-order valence-corrected chi connectivity index (χ3v) is 5.72. The first kappa shape index (κ1) is 21.6. The molecule has 0 bridgehead atoms. The average Bonchev–Trinajstić information content (AvgIpc) is 3.54. The van der Waals surface area contributed by atoms with E-state index in [1.807, 2.05) is 60.7 Å². The van der Waals surface area contributed by atoms with Gasteiger partial charge in [0.2, 0.25) is 17.7 Å². The molecule has 0 atom stereocenters. The zero-order valence-electron chi connectivity index (χ0n) is 19.4. The summed E-state index contributed by atoms with van der Waals surface area (Å²) in [6.07, 6.45) is 3.54. The van der Waals surface area contributed by atoms with Gasteiger partial charge in [0.1, 0.15) is 0 Å². The molecule has 5 heteroatoms. The molecule has 5 nitrogen and oxygen atoms in total. The lowest BCUT2D eigenvalue weighted by Crippen LogP contribution is -2.10. The monoisotopic (exact) mass is 447 g/mol. The summed E-state index contributed by atoms with van der Waals surface area (Å²) in [7, 11) is 0. The van der Waals surface area contributed by atoms with Crippen LogP contribution in [-0.2, 0) is 5.41 Å². The number of hydrogen-bond acceptors (Lipinski definition) is 5. The summed E-state index contributed by atoms with van der Waals surface area (Å²) in [4.78, 5) is 4.49. The molecule has 0 amide bonds. The molecule has 0 unspecified atom stereocenters. The van der Waals surface area contributed by atoms with Crippen molar-refractivity contribution in [3.05, 3.63) is 96.7 Å². The molecule has 5 rings (SSSR count). The van der Waals surface area contributed by atoms with Crippen molar-refractivity contribution in [1.82, 2.24) is 15.2 Å². The van der Waals surface area contributed by atoms with Crippen LogP contribution in [0.4, 0.5) is 0 Å². The smallest absolute Gasteiger partial charge is 0.248 e. The lowest BCUT2D eigenvalue weighted by Gasteiger charge is -2.18. The van der Waals surface area contributed by atoms with Gasteiger partial charge in [-0.3, -0.25) is 0 Å². The van der Waals surface area contributed by atoms with Gasteiger partial charge in [0.15, 0.2) is 5.76 Å². The molecule has 0 aliphatic heterocycles. The number of rotatable bonds is 5. The third-order valence-electron chi connectivity index (χ3n) is 5.72. The van der Waals surface area contributed by atoms with Crippen molar-refractivity contribution in [1.29, 1.82) is 0 Å². The van der Waals surface area contributed by atoms with Crippen LogP contribution in [0.1, 0.15) is 31.9 Å². The van der Waals surface area contributed by atoms with Crippen LogP contribution in [0.15, 0.2) is 94.4 Å². The number of aromatic nitrogens is 3. The summed E-state index contributed by atoms with van der Waals surface area (Å²) >= 11 is 0. The molecule has 0 fully saturated rings. The predicted molar refractivity (Wildman–Crippen MR) is 135 cm³/mol. The minimum Gasteiger partial charge on any atom is -0.436 e. The highest BCUT2D eigenvalue weighted by Crippen LogP contribution is 2.31. The van der Waals surface area contributed by atoms with Gasteiger partial charge in [-0.05, 0) is 52.9 Å². The van der Waals surface area contributed by atoms with Gasteiger partial charge in [-0.15, -0.1) is 10.2 Å². The molecule has 0 radical (unpaired) electrons. The van der Waals surface area contributed by atoms with Crippen LogP contribution in [0.3, 0.4) is 0 Å². The normalized spacial score (nSPS) is 11.5. The highest BCUT2D eigenvalue weighted by molar-refractivity contribution is 5.68. The summed E-state index contributed by atoms with van der Waals surface area (Å²) < 4.78 is 12.0. The molecule has 0 aliphatic carbocycles. The molecule has 2 aromatic heterocycles. The van der Waals surface area contributed by atoms with Crippen LogP contribution in [-0.4, -0.2) is 15.2 Å². The first-order valence-electron chi connectivity index (χ1n) is 11.1. The van der Waals surface area contributed by atoms with E-state index < -0.39 is 0 Å². The molecule has 5 aromatic rings. The highest BCUT2D eigenvalue weighted by atomic mass is 16.4. The van der Waals surface area contributed by atoms with Gasteiger partial charge >= 0.3 is 0 Å². The first-order chi connectivity index (χ1) is 16.4. The molecule has 34 heavy (non-hydrogen) atoms. The maximum absolute atomic E-state index is 6.08. The Hall–Kier alpha value is -4.25. The topological polar surface area (TPSA) is 65.0 Å². The predicted octanol–water partition coefficient (Wildman–Crippen LogP) is 7.67. The number of benzene rings is 3. The Morgan fingerprint density at radius 3 is 2.00 bits per heavy atom. The zero-order chi connectivity index (χ0) is 23.7. The Bertz CT molecular complexity index is 1440. The largest absolute Gasteiger partial charge is 0.436 e. The lowest BCUT2D eigenvalue weighted by atomic mass is 9.87. The Kier molecular flexibility index (Phi) is 5.46. The number of hydrogen-bond donors (Lipinski definition) is 0. The first-order valence-corrected chi connectivity index (χ1v) is 11.1. The summed E-state index contributed by atoms with van der Waals surface area (Å²) in [5.74, 6) is 2.18. The van der Waals surface area contributed by atoms with Crippen LogP contribution >= 0.6 is 0 Å². The van der Waals surface area contributed by atoms with Crippen LogP contribution < -0.4 is 0 Å². The maximum atomic E-state index is 6.08. The van der Waals surface area contributed by atoms with Gasteiger partial charge in [-0.1, -0.05) is 69.8 Å². The Morgan fingerprint density at radius 2 is 1.32 bits per heavy atom. The second kappa shape index (κ2) is 8.60. The summed E-state index contributed by atoms with van der Waals surface area (Å²) in [6, 6.07) is 24.0. The fourth-order valence-electron chi connectivity index (χ4n) is 3.68. The minimum absolute atomic E-state index is 0.102. The quantitative estimate of drug-likeness (QED) is 0.277. The number of nitrogens with zero attached hydrogens (tertiary/aromatic N) is 3. The van der Waals surface area contributed by atoms with Crippen molar-refractivity contribution in [2.75, 3.05) is 0 Å². The van der Waals surface area contributed by atoms with E-state index in [4.69, 9.17) is 8.83 Å². The molecule has 2 heterocycles. The van der Waals surface area contributed by atoms with Crippen molar-refractivity contribution in [3.8, 4) is 45.7 Å². The van der Waals surface area contributed by atoms with Crippen molar-refractivity contribution in [3.63, 3.8) is 0 Å². The molecule has 0 saturated heterocycles. The van der Waals surface area contributed by atoms with Crippen molar-refractivity contribution >= 4 is 6.08 Å². The summed E-state index contributed by atoms with van der Waals surface area (Å²) in [6.45, 7) is 10.4. The van der Waals surface area contributed by atoms with Gasteiger partial charge in [0, 0.05) is 22.3 Å². The summed E-state index contributed by atoms with van der Waals surface area (Å²) in [5, 5.41) is 8.45. The minimum atomic E-state index is 0.102. The standard InChI is InChI=1S/C29H25N3O2/c1-5-19-9-11-21(12-10-19)27-31-32-28(34-27)23-8-6-7-22(17-23)25-18-30-26(33-25)20-13-15-24(16-14-20)29(2,3)4/h5-18H,1H2,2-4H3. The van der Waals surface area contributed by atoms with Crippen molar-refractivity contribution < 1.29 is 8.83 Å². The Balaban J connectivity index is 1.39. The Morgan fingerprint density at radius 1 is 0.706 bits per heavy atom. The van der Waals surface area contributed by atoms with Crippen LogP contribution in [0.2, 0.25) is 0 Å². The lowest BCUT2D eigenvalue weighted by molar-refractivity contribution is 0.583. The molecule has 0 aliphatic rings. The molecule has 3 aromatic carbocycles. The molecule has 168 valence electrons. The fraction of sp³-hybridized carbons (Fsp3) is 0.138. The molecular weight excluding hydrogens is 422 g/mol. The van der Waals surface area contributed by atoms with Crippen molar-refractivity contribution in [2.24, 2.45) is 0 Å². The molecular formula is C29H25N3O2. The van der Waals surface area contributed by atoms with E-state index in [2.05, 4.69) is 54.7 Å². The molecule has 0 saturated carbocycles. The second-order valence-corrected chi connectivity index (χ2v) is 9.18. The fourth-order valence-corrected chi connectivity index (χ4v) is 3.68. The van der Waals surface area contributed by atoms with E-state index in [9.17, 15) is 0 Å². The second-order valence-electron chi connectivity index (χ2n) is 9.18. The van der Waals surface area contributed by atoms with E-state index in [-0.39, 0.29) is 5.41 Å². The summed E-state index contributed by atoms with van der Waals surface area (Å²) in [5.41, 5.74) is 5.91. The molecule has 0 N–H and O–H groups in total. The van der Waals surface area contributed by atoms with E-state index in [0.29, 0.717) is 23.4 Å². The van der Waals surface area contributed by atoms with Crippen LogP contribution in [0.25, 0.3) is 51.8 Å². The number of oxazole rings is 1. The van der Waals surface area contributed by atoms with Gasteiger partial charge in [0.05, 0.1) is 6.20 Å². The van der Waals surface area contributed by atoms with E-state index in [1.54, 1.807) is 12.3 Å². The van der Waals surface area contributed by atoms with E-state index in [1.165, 1.54) is 5.56 Å². The zero-order valence-corrected chi connectivity index (χ0v) is 19.4. The highest BCUT2D eigenvalue weighted by Gasteiger charge is 2.16. The van der Waals surface area contributed by atoms with Crippen LogP contribution in [0, 0.1) is 0 Å². The van der Waals surface area contributed by atoms with E-state index in [0.717, 1.165) is 27.8 Å². The Labute approximate surface area is 198 Å². The van der Waals surface area contributed by atoms with Gasteiger partial charge in [-0.25, -0.2) is 4.98 Å². The average molecular weight is 448 g/mol.